The summed E-state index contributed by atoms with van der Waals surface area (Å²) in [6.07, 6.45) is 0.865. The fourth-order valence-electron chi connectivity index (χ4n) is 1.98. The molecule has 1 saturated heterocycles. The molecular weight excluding hydrogens is 266 g/mol. The van der Waals surface area contributed by atoms with Gasteiger partial charge in [0.1, 0.15) is 0 Å². The maximum absolute atomic E-state index is 10.1. The fourth-order valence-corrected chi connectivity index (χ4v) is 2.28. The van der Waals surface area contributed by atoms with Crippen LogP contribution in [0.2, 0.25) is 0 Å². The lowest BCUT2D eigenvalue weighted by Crippen LogP contribution is -2.55. The van der Waals surface area contributed by atoms with E-state index >= 15 is 0 Å². The molecule has 1 heterocycles. The quantitative estimate of drug-likeness (QED) is 0.303. The Morgan fingerprint density at radius 2 is 2.26 bits per heavy atom. The first-order chi connectivity index (χ1) is 9.17. The Morgan fingerprint density at radius 1 is 1.47 bits per heavy atom. The van der Waals surface area contributed by atoms with Crippen LogP contribution in [0.25, 0.3) is 0 Å². The molecule has 1 unspecified atom stereocenters. The van der Waals surface area contributed by atoms with Crippen LogP contribution in [-0.2, 0) is 4.74 Å². The molecule has 0 amide bonds. The molecule has 1 rings (SSSR count). The van der Waals surface area contributed by atoms with Crippen LogP contribution >= 0.6 is 12.2 Å². The Morgan fingerprint density at radius 3 is 2.89 bits per heavy atom. The van der Waals surface area contributed by atoms with Gasteiger partial charge in [0.15, 0.2) is 5.11 Å². The lowest BCUT2D eigenvalue weighted by atomic mass is 10.0. The second-order valence-electron chi connectivity index (χ2n) is 4.65. The zero-order valence-corrected chi connectivity index (χ0v) is 12.2. The summed E-state index contributed by atoms with van der Waals surface area (Å²) in [7, 11) is 0. The highest BCUT2D eigenvalue weighted by molar-refractivity contribution is 7.80. The maximum atomic E-state index is 10.1. The van der Waals surface area contributed by atoms with Crippen LogP contribution in [-0.4, -0.2) is 66.4 Å². The average Bonchev–Trinajstić information content (AvgIpc) is 2.38. The standard InChI is InChI=1S/C12H25N3O3S/c1-2-14-12(19)15-10-8-18-9(6-11(10)17)7-13-4-3-5-16/h9-11,13,16-17H,2-8H2,1H3,(H2,14,15,19)/t9-,10?,11-/m0/s1. The molecule has 1 aliphatic heterocycles. The first kappa shape index (κ1) is 16.6. The first-order valence-electron chi connectivity index (χ1n) is 6.83. The van der Waals surface area contributed by atoms with Crippen molar-refractivity contribution in [3.63, 3.8) is 0 Å². The van der Waals surface area contributed by atoms with E-state index in [-0.39, 0.29) is 18.8 Å². The monoisotopic (exact) mass is 291 g/mol. The van der Waals surface area contributed by atoms with Gasteiger partial charge in [0, 0.05) is 26.1 Å². The summed E-state index contributed by atoms with van der Waals surface area (Å²) in [5.41, 5.74) is 0. The molecule has 1 aliphatic rings. The summed E-state index contributed by atoms with van der Waals surface area (Å²) < 4.78 is 5.69. The van der Waals surface area contributed by atoms with Crippen LogP contribution in [0.1, 0.15) is 19.8 Å². The molecule has 19 heavy (non-hydrogen) atoms. The number of aliphatic hydroxyl groups excluding tert-OH is 2. The van der Waals surface area contributed by atoms with Gasteiger partial charge in [-0.2, -0.15) is 0 Å². The number of thiocarbonyl (C=S) groups is 1. The first-order valence-corrected chi connectivity index (χ1v) is 7.23. The zero-order valence-electron chi connectivity index (χ0n) is 11.4. The predicted molar refractivity (Wildman–Crippen MR) is 78.1 cm³/mol. The van der Waals surface area contributed by atoms with Crippen molar-refractivity contribution in [2.45, 2.75) is 38.0 Å². The van der Waals surface area contributed by atoms with Gasteiger partial charge >= 0.3 is 0 Å². The van der Waals surface area contributed by atoms with Crippen molar-refractivity contribution in [1.29, 1.82) is 0 Å². The molecule has 0 aromatic rings. The minimum absolute atomic E-state index is 0.0134. The summed E-state index contributed by atoms with van der Waals surface area (Å²) in [5, 5.41) is 28.5. The van der Waals surface area contributed by atoms with Crippen LogP contribution in [0.15, 0.2) is 0 Å². The SMILES string of the molecule is CCNC(=S)NC1CO[C@H](CNCCCO)C[C@@H]1O. The molecule has 0 spiro atoms. The highest BCUT2D eigenvalue weighted by Gasteiger charge is 2.29. The Labute approximate surface area is 119 Å². The van der Waals surface area contributed by atoms with E-state index in [4.69, 9.17) is 22.1 Å². The minimum atomic E-state index is -0.463. The molecule has 3 atom stereocenters. The lowest BCUT2D eigenvalue weighted by molar-refractivity contribution is -0.0600. The zero-order chi connectivity index (χ0) is 14.1. The third-order valence-electron chi connectivity index (χ3n) is 3.02. The smallest absolute Gasteiger partial charge is 0.166 e. The maximum Gasteiger partial charge on any atom is 0.166 e. The highest BCUT2D eigenvalue weighted by atomic mass is 32.1. The van der Waals surface area contributed by atoms with E-state index in [9.17, 15) is 5.11 Å². The van der Waals surface area contributed by atoms with Gasteiger partial charge in [-0.1, -0.05) is 0 Å². The number of ether oxygens (including phenoxy) is 1. The van der Waals surface area contributed by atoms with Crippen LogP contribution in [0, 0.1) is 0 Å². The van der Waals surface area contributed by atoms with E-state index in [1.807, 2.05) is 6.92 Å². The van der Waals surface area contributed by atoms with Gasteiger partial charge in [0.05, 0.1) is 24.9 Å². The van der Waals surface area contributed by atoms with E-state index in [0.717, 1.165) is 19.5 Å². The van der Waals surface area contributed by atoms with Gasteiger partial charge in [-0.3, -0.25) is 0 Å². The Hall–Kier alpha value is -0.470. The molecule has 0 bridgehead atoms. The normalized spacial score (nSPS) is 27.0. The lowest BCUT2D eigenvalue weighted by Gasteiger charge is -2.34. The van der Waals surface area contributed by atoms with Crippen LogP contribution in [0.3, 0.4) is 0 Å². The molecule has 5 N–H and O–H groups in total. The van der Waals surface area contributed by atoms with Gasteiger partial charge in [0.2, 0.25) is 0 Å². The fraction of sp³-hybridized carbons (Fsp3) is 0.917. The van der Waals surface area contributed by atoms with Crippen LogP contribution < -0.4 is 16.0 Å². The van der Waals surface area contributed by atoms with Crippen molar-refractivity contribution in [3.8, 4) is 0 Å². The number of nitrogens with one attached hydrogen (secondary N) is 3. The van der Waals surface area contributed by atoms with Gasteiger partial charge in [-0.25, -0.2) is 0 Å². The summed E-state index contributed by atoms with van der Waals surface area (Å²) >= 11 is 5.09. The van der Waals surface area contributed by atoms with Gasteiger partial charge < -0.3 is 30.9 Å². The largest absolute Gasteiger partial charge is 0.396 e. The molecule has 6 nitrogen and oxygen atoms in total. The molecule has 112 valence electrons. The molecule has 0 aliphatic carbocycles. The molecule has 0 saturated carbocycles. The Kier molecular flexibility index (Phi) is 8.24. The average molecular weight is 291 g/mol. The summed E-state index contributed by atoms with van der Waals surface area (Å²) in [5.74, 6) is 0. The van der Waals surface area contributed by atoms with Crippen molar-refractivity contribution in [3.05, 3.63) is 0 Å². The Bertz CT molecular complexity index is 269. The van der Waals surface area contributed by atoms with E-state index in [0.29, 0.717) is 24.7 Å². The number of hydrogen-bond acceptors (Lipinski definition) is 5. The van der Waals surface area contributed by atoms with Crippen molar-refractivity contribution in [1.82, 2.24) is 16.0 Å². The van der Waals surface area contributed by atoms with E-state index in [2.05, 4.69) is 16.0 Å². The van der Waals surface area contributed by atoms with Crippen LogP contribution in [0.4, 0.5) is 0 Å². The number of hydrogen-bond donors (Lipinski definition) is 5. The van der Waals surface area contributed by atoms with Gasteiger partial charge in [0.25, 0.3) is 0 Å². The van der Waals surface area contributed by atoms with Crippen molar-refractivity contribution >= 4 is 17.3 Å². The third-order valence-corrected chi connectivity index (χ3v) is 3.28. The minimum Gasteiger partial charge on any atom is -0.396 e. The summed E-state index contributed by atoms with van der Waals surface area (Å²) in [6, 6.07) is -0.153. The van der Waals surface area contributed by atoms with Gasteiger partial charge in [-0.05, 0) is 32.1 Å². The number of aliphatic hydroxyl groups is 2. The summed E-state index contributed by atoms with van der Waals surface area (Å²) in [6.45, 7) is 4.82. The number of rotatable bonds is 7. The van der Waals surface area contributed by atoms with E-state index in [1.54, 1.807) is 0 Å². The van der Waals surface area contributed by atoms with Crippen molar-refractivity contribution in [2.75, 3.05) is 32.8 Å². The van der Waals surface area contributed by atoms with E-state index < -0.39 is 6.10 Å². The highest BCUT2D eigenvalue weighted by Crippen LogP contribution is 2.14. The molecular formula is C12H25N3O3S. The second-order valence-corrected chi connectivity index (χ2v) is 5.06. The second kappa shape index (κ2) is 9.44. The van der Waals surface area contributed by atoms with Gasteiger partial charge in [-0.15, -0.1) is 0 Å². The Balaban J connectivity index is 2.21. The van der Waals surface area contributed by atoms with Crippen LogP contribution in [0.5, 0.6) is 0 Å². The van der Waals surface area contributed by atoms with Crippen molar-refractivity contribution < 1.29 is 14.9 Å². The predicted octanol–water partition coefficient (Wildman–Crippen LogP) is -1.04. The molecule has 7 heteroatoms. The third kappa shape index (κ3) is 6.49. The molecule has 0 radical (unpaired) electrons. The topological polar surface area (TPSA) is 85.8 Å². The van der Waals surface area contributed by atoms with Crippen molar-refractivity contribution in [2.24, 2.45) is 0 Å². The molecule has 0 aromatic carbocycles. The molecule has 0 aromatic heterocycles. The summed E-state index contributed by atoms with van der Waals surface area (Å²) in [4.78, 5) is 0. The van der Waals surface area contributed by atoms with E-state index in [1.165, 1.54) is 0 Å². The molecule has 1 fully saturated rings.